The number of amides is 1. The number of anilines is 1. The van der Waals surface area contributed by atoms with Crippen LogP contribution in [0.3, 0.4) is 0 Å². The Morgan fingerprint density at radius 1 is 1.10 bits per heavy atom. The highest BCUT2D eigenvalue weighted by molar-refractivity contribution is 7.46. The molecule has 0 saturated heterocycles. The summed E-state index contributed by atoms with van der Waals surface area (Å²) in [7, 11) is -3.43. The fourth-order valence-electron chi connectivity index (χ4n) is 6.62. The lowest BCUT2D eigenvalue weighted by molar-refractivity contribution is -0.120. The largest absolute Gasteiger partial charge is 0.495 e. The summed E-state index contributed by atoms with van der Waals surface area (Å²) >= 11 is 12.3. The molecule has 1 aliphatic carbocycles. The van der Waals surface area contributed by atoms with Crippen LogP contribution in [0.1, 0.15) is 61.0 Å². The van der Waals surface area contributed by atoms with Crippen molar-refractivity contribution in [2.45, 2.75) is 44.9 Å². The number of phosphoric ester groups is 1. The van der Waals surface area contributed by atoms with Crippen LogP contribution in [0, 0.1) is 40.2 Å². The van der Waals surface area contributed by atoms with Crippen molar-refractivity contribution in [1.29, 1.82) is 5.26 Å². The van der Waals surface area contributed by atoms with Crippen molar-refractivity contribution >= 4 is 48.6 Å². The van der Waals surface area contributed by atoms with E-state index in [9.17, 15) is 19.4 Å². The quantitative estimate of drug-likeness (QED) is 0.102. The number of ether oxygens (including phenoxy) is 2. The fourth-order valence-corrected chi connectivity index (χ4v) is 7.27. The van der Waals surface area contributed by atoms with E-state index in [1.54, 1.807) is 0 Å². The van der Waals surface area contributed by atoms with Crippen LogP contribution in [0.5, 0.6) is 5.75 Å². The molecule has 4 atom stereocenters. The zero-order valence-corrected chi connectivity index (χ0v) is 29.4. The first-order valence-electron chi connectivity index (χ1n) is 15.1. The number of phosphoric acid groups is 1. The fraction of sp³-hybridized carbons (Fsp3) is 0.382. The second-order valence-electron chi connectivity index (χ2n) is 12.9. The molecule has 0 bridgehead atoms. The Labute approximate surface area is 292 Å². The van der Waals surface area contributed by atoms with E-state index >= 15 is 8.78 Å². The standard InChI is InChI=1S/C34H35Cl2F2N2O8P/c1-33(2,3)17-20-15-23(31(41)40-27-11-8-19(14-28(27)46-4)32(42)47-12-13-48-49(43,44)45)29(22-6-5-7-25(36)30(22)38)34(20,18-39)24-10-9-21(35)16-26(24)37/h5-11,14,16,20,23,29H,12-13,15,17H2,1-4H3,(H,40,41)(H2,43,44,45)/t20-,23+,29-,34+/m0/s1. The van der Waals surface area contributed by atoms with Crippen LogP contribution in [0.4, 0.5) is 14.5 Å². The number of carbonyl (C=O) groups is 2. The molecule has 15 heteroatoms. The zero-order chi connectivity index (χ0) is 36.3. The van der Waals surface area contributed by atoms with Gasteiger partial charge in [0.05, 0.1) is 41.5 Å². The average Bonchev–Trinajstić information content (AvgIpc) is 3.33. The number of carbonyl (C=O) groups excluding carboxylic acids is 2. The molecule has 0 spiro atoms. The van der Waals surface area contributed by atoms with E-state index in [2.05, 4.69) is 15.9 Å². The third kappa shape index (κ3) is 8.61. The second-order valence-corrected chi connectivity index (χ2v) is 15.0. The van der Waals surface area contributed by atoms with E-state index in [-0.39, 0.29) is 50.0 Å². The van der Waals surface area contributed by atoms with Gasteiger partial charge in [-0.1, -0.05) is 62.2 Å². The van der Waals surface area contributed by atoms with Crippen LogP contribution in [0.25, 0.3) is 0 Å². The Bertz CT molecular complexity index is 1830. The Morgan fingerprint density at radius 3 is 2.43 bits per heavy atom. The first kappa shape index (κ1) is 38.2. The van der Waals surface area contributed by atoms with Crippen molar-refractivity contribution in [2.24, 2.45) is 17.3 Å². The molecule has 3 N–H and O–H groups in total. The van der Waals surface area contributed by atoms with Crippen LogP contribution < -0.4 is 10.1 Å². The van der Waals surface area contributed by atoms with Crippen molar-refractivity contribution in [1.82, 2.24) is 0 Å². The summed E-state index contributed by atoms with van der Waals surface area (Å²) in [4.78, 5) is 44.4. The molecule has 0 aromatic heterocycles. The summed E-state index contributed by atoms with van der Waals surface area (Å²) in [6.07, 6.45) is 0.461. The Morgan fingerprint density at radius 2 is 1.82 bits per heavy atom. The lowest BCUT2D eigenvalue weighted by Crippen LogP contribution is -2.39. The van der Waals surface area contributed by atoms with E-state index < -0.39 is 67.7 Å². The minimum atomic E-state index is -4.74. The number of hydrogen-bond acceptors (Lipinski definition) is 7. The van der Waals surface area contributed by atoms with Gasteiger partial charge < -0.3 is 24.6 Å². The van der Waals surface area contributed by atoms with Gasteiger partial charge in [0.1, 0.15) is 24.0 Å². The van der Waals surface area contributed by atoms with Crippen molar-refractivity contribution in [2.75, 3.05) is 25.6 Å². The molecular weight excluding hydrogens is 704 g/mol. The number of nitriles is 1. The highest BCUT2D eigenvalue weighted by Crippen LogP contribution is 2.61. The average molecular weight is 740 g/mol. The van der Waals surface area contributed by atoms with Gasteiger partial charge in [0.2, 0.25) is 5.91 Å². The maximum absolute atomic E-state index is 16.0. The van der Waals surface area contributed by atoms with Gasteiger partial charge in [0.15, 0.2) is 0 Å². The number of hydrogen-bond donors (Lipinski definition) is 3. The maximum atomic E-state index is 16.0. The van der Waals surface area contributed by atoms with Gasteiger partial charge in [-0.2, -0.15) is 5.26 Å². The summed E-state index contributed by atoms with van der Waals surface area (Å²) in [5.41, 5.74) is -2.01. The molecule has 1 amide bonds. The molecule has 3 aromatic carbocycles. The second kappa shape index (κ2) is 15.1. The normalized spacial score (nSPS) is 20.8. The minimum absolute atomic E-state index is 0.00211. The first-order valence-corrected chi connectivity index (χ1v) is 17.4. The van der Waals surface area contributed by atoms with Crippen molar-refractivity contribution in [3.63, 3.8) is 0 Å². The monoisotopic (exact) mass is 738 g/mol. The van der Waals surface area contributed by atoms with E-state index in [0.717, 1.165) is 6.07 Å². The van der Waals surface area contributed by atoms with Crippen LogP contribution >= 0.6 is 31.0 Å². The SMILES string of the molecule is COc1cc(C(=O)OCCOP(=O)(O)O)ccc1NC(=O)[C@@H]1C[C@@H](CC(C)(C)C)[C@](C#N)(c2ccc(Cl)cc2F)[C@H]1c1cccc(Cl)c1F. The number of nitrogens with one attached hydrogen (secondary N) is 1. The van der Waals surface area contributed by atoms with Crippen molar-refractivity contribution in [3.8, 4) is 11.8 Å². The zero-order valence-electron chi connectivity index (χ0n) is 27.0. The molecule has 0 heterocycles. The molecule has 262 valence electrons. The molecule has 3 aromatic rings. The number of esters is 1. The third-order valence-electron chi connectivity index (χ3n) is 8.42. The maximum Gasteiger partial charge on any atom is 0.469 e. The molecule has 0 unspecified atom stereocenters. The predicted octanol–water partition coefficient (Wildman–Crippen LogP) is 7.80. The summed E-state index contributed by atoms with van der Waals surface area (Å²) in [5.74, 6) is -5.90. The molecule has 4 rings (SSSR count). The molecule has 49 heavy (non-hydrogen) atoms. The van der Waals surface area contributed by atoms with E-state index in [4.69, 9.17) is 42.5 Å². The summed E-state index contributed by atoms with van der Waals surface area (Å²) in [6, 6.07) is 14.6. The Balaban J connectivity index is 1.77. The van der Waals surface area contributed by atoms with Crippen molar-refractivity contribution < 1.29 is 46.7 Å². The Hall–Kier alpha value is -3.56. The Kier molecular flexibility index (Phi) is 11.8. The van der Waals surface area contributed by atoms with E-state index in [1.165, 1.54) is 55.6 Å². The number of rotatable bonds is 11. The molecule has 10 nitrogen and oxygen atoms in total. The lowest BCUT2D eigenvalue weighted by atomic mass is 9.62. The first-order chi connectivity index (χ1) is 22.9. The number of nitrogens with zero attached hydrogens (tertiary/aromatic N) is 1. The van der Waals surface area contributed by atoms with Gasteiger partial charge in [0, 0.05) is 22.4 Å². The highest BCUT2D eigenvalue weighted by Gasteiger charge is 2.61. The predicted molar refractivity (Wildman–Crippen MR) is 178 cm³/mol. The molecular formula is C34H35Cl2F2N2O8P. The summed E-state index contributed by atoms with van der Waals surface area (Å²) in [6.45, 7) is 4.88. The lowest BCUT2D eigenvalue weighted by Gasteiger charge is -2.38. The van der Waals surface area contributed by atoms with Crippen LogP contribution in [0.2, 0.25) is 10.0 Å². The summed E-state index contributed by atoms with van der Waals surface area (Å²) in [5, 5.41) is 13.7. The van der Waals surface area contributed by atoms with Gasteiger partial charge in [-0.05, 0) is 66.1 Å². The van der Waals surface area contributed by atoms with E-state index in [0.29, 0.717) is 6.42 Å². The van der Waals surface area contributed by atoms with Crippen molar-refractivity contribution in [3.05, 3.63) is 93.0 Å². The van der Waals surface area contributed by atoms with Gasteiger partial charge in [-0.25, -0.2) is 18.1 Å². The van der Waals surface area contributed by atoms with Gasteiger partial charge >= 0.3 is 13.8 Å². The third-order valence-corrected chi connectivity index (χ3v) is 9.47. The summed E-state index contributed by atoms with van der Waals surface area (Å²) < 4.78 is 57.3. The molecule has 0 radical (unpaired) electrons. The molecule has 1 saturated carbocycles. The van der Waals surface area contributed by atoms with Crippen LogP contribution in [-0.4, -0.2) is 42.0 Å². The number of halogens is 4. The highest BCUT2D eigenvalue weighted by atomic mass is 35.5. The number of benzene rings is 3. The van der Waals surface area contributed by atoms with E-state index in [1.807, 2.05) is 20.8 Å². The minimum Gasteiger partial charge on any atom is -0.495 e. The van der Waals surface area contributed by atoms with Crippen LogP contribution in [-0.2, 0) is 24.0 Å². The molecule has 1 fully saturated rings. The van der Waals surface area contributed by atoms with Gasteiger partial charge in [-0.15, -0.1) is 0 Å². The number of methoxy groups -OCH3 is 1. The van der Waals surface area contributed by atoms with Crippen LogP contribution in [0.15, 0.2) is 54.6 Å². The van der Waals surface area contributed by atoms with Gasteiger partial charge in [0.25, 0.3) is 0 Å². The topological polar surface area (TPSA) is 155 Å². The molecule has 0 aliphatic heterocycles. The molecule has 1 aliphatic rings. The van der Waals surface area contributed by atoms with Gasteiger partial charge in [-0.3, -0.25) is 9.32 Å². The smallest absolute Gasteiger partial charge is 0.469 e.